The Morgan fingerprint density at radius 3 is 2.31 bits per heavy atom. The van der Waals surface area contributed by atoms with Crippen molar-refractivity contribution >= 4 is 29.9 Å². The monoisotopic (exact) mass is 477 g/mol. The molecule has 1 N–H and O–H groups in total. The topological polar surface area (TPSA) is 43.3 Å². The molecule has 0 amide bonds. The number of guanidine groups is 1. The molecule has 0 aromatic heterocycles. The number of hydrogen-bond donors (Lipinski definition) is 1. The van der Waals surface area contributed by atoms with Gasteiger partial charge < -0.3 is 19.9 Å². The van der Waals surface area contributed by atoms with Crippen LogP contribution in [-0.4, -0.2) is 98.3 Å². The van der Waals surface area contributed by atoms with Gasteiger partial charge in [-0.3, -0.25) is 9.89 Å². The lowest BCUT2D eigenvalue weighted by Crippen LogP contribution is -2.49. The van der Waals surface area contributed by atoms with Gasteiger partial charge in [0.25, 0.3) is 0 Å². The highest BCUT2D eigenvalue weighted by molar-refractivity contribution is 14.0. The van der Waals surface area contributed by atoms with Gasteiger partial charge in [0.1, 0.15) is 0 Å². The smallest absolute Gasteiger partial charge is 0.193 e. The van der Waals surface area contributed by atoms with Crippen LogP contribution >= 0.6 is 24.0 Å². The zero-order valence-electron chi connectivity index (χ0n) is 16.6. The molecule has 0 aliphatic carbocycles. The summed E-state index contributed by atoms with van der Waals surface area (Å²) in [4.78, 5) is 12.5. The lowest BCUT2D eigenvalue weighted by Gasteiger charge is -2.36. The van der Waals surface area contributed by atoms with Gasteiger partial charge >= 0.3 is 0 Å². The first-order valence-corrected chi connectivity index (χ1v) is 10.3. The summed E-state index contributed by atoms with van der Waals surface area (Å²) >= 11 is 0. The number of aliphatic imine (C=N–C) groups is 1. The van der Waals surface area contributed by atoms with Gasteiger partial charge in [0.15, 0.2) is 5.96 Å². The van der Waals surface area contributed by atoms with Gasteiger partial charge in [-0.05, 0) is 33.7 Å². The maximum absolute atomic E-state index is 6.12. The molecular formula is C19H36IN5O. The van der Waals surface area contributed by atoms with E-state index < -0.39 is 0 Å². The van der Waals surface area contributed by atoms with Crippen molar-refractivity contribution in [1.29, 1.82) is 0 Å². The first-order chi connectivity index (χ1) is 12.2. The lowest BCUT2D eigenvalue weighted by molar-refractivity contribution is 0.0766. The molecule has 4 saturated heterocycles. The van der Waals surface area contributed by atoms with Crippen molar-refractivity contribution in [1.82, 2.24) is 20.0 Å². The summed E-state index contributed by atoms with van der Waals surface area (Å²) in [6.45, 7) is 13.3. The average molecular weight is 477 g/mol. The molecule has 26 heavy (non-hydrogen) atoms. The minimum Gasteiger partial charge on any atom is -0.374 e. The molecule has 7 heteroatoms. The van der Waals surface area contributed by atoms with Crippen LogP contribution in [0, 0.1) is 11.8 Å². The fraction of sp³-hybridized carbons (Fsp3) is 0.947. The maximum atomic E-state index is 6.12. The standard InChI is InChI=1S/C19H35N5O.HI/c1-4-20-19(21-11-14(2)23-9-7-22(3)8-10-23)24-12-15-16(13-24)18-6-5-17(15)25-18;/h14-18H,4-13H2,1-3H3,(H,20,21);1H. The summed E-state index contributed by atoms with van der Waals surface area (Å²) in [6, 6.07) is 0.518. The zero-order valence-corrected chi connectivity index (χ0v) is 18.9. The van der Waals surface area contributed by atoms with Gasteiger partial charge in [-0.1, -0.05) is 0 Å². The van der Waals surface area contributed by atoms with Crippen molar-refractivity contribution in [3.8, 4) is 0 Å². The molecule has 4 aliphatic heterocycles. The number of rotatable bonds is 4. The Kier molecular flexibility index (Phi) is 7.07. The molecule has 5 unspecified atom stereocenters. The van der Waals surface area contributed by atoms with Crippen LogP contribution in [0.25, 0.3) is 0 Å². The van der Waals surface area contributed by atoms with Crippen molar-refractivity contribution in [3.63, 3.8) is 0 Å². The van der Waals surface area contributed by atoms with Crippen molar-refractivity contribution in [3.05, 3.63) is 0 Å². The molecule has 4 rings (SSSR count). The third-order valence-corrected chi connectivity index (χ3v) is 6.75. The fourth-order valence-corrected chi connectivity index (χ4v) is 5.16. The molecular weight excluding hydrogens is 441 g/mol. The Balaban J connectivity index is 0.00000196. The number of nitrogens with zero attached hydrogens (tertiary/aromatic N) is 4. The molecule has 0 aromatic rings. The number of hydrogen-bond acceptors (Lipinski definition) is 4. The van der Waals surface area contributed by atoms with Gasteiger partial charge in [0.05, 0.1) is 18.8 Å². The highest BCUT2D eigenvalue weighted by Crippen LogP contribution is 2.47. The molecule has 2 bridgehead atoms. The summed E-state index contributed by atoms with van der Waals surface area (Å²) in [7, 11) is 2.21. The van der Waals surface area contributed by atoms with Crippen molar-refractivity contribution < 1.29 is 4.74 Å². The highest BCUT2D eigenvalue weighted by Gasteiger charge is 2.53. The second-order valence-corrected chi connectivity index (χ2v) is 8.41. The predicted octanol–water partition coefficient (Wildman–Crippen LogP) is 1.32. The van der Waals surface area contributed by atoms with Gasteiger partial charge in [0.2, 0.25) is 0 Å². The van der Waals surface area contributed by atoms with E-state index >= 15 is 0 Å². The summed E-state index contributed by atoms with van der Waals surface area (Å²) in [5, 5.41) is 3.54. The van der Waals surface area contributed by atoms with Gasteiger partial charge in [-0.15, -0.1) is 24.0 Å². The summed E-state index contributed by atoms with van der Waals surface area (Å²) in [5.74, 6) is 2.59. The highest BCUT2D eigenvalue weighted by atomic mass is 127. The van der Waals surface area contributed by atoms with Gasteiger partial charge in [0, 0.05) is 63.7 Å². The van der Waals surface area contributed by atoms with E-state index in [1.807, 2.05) is 0 Å². The summed E-state index contributed by atoms with van der Waals surface area (Å²) in [5.41, 5.74) is 0. The Hall–Kier alpha value is -0.120. The number of ether oxygens (including phenoxy) is 1. The van der Waals surface area contributed by atoms with E-state index in [4.69, 9.17) is 9.73 Å². The van der Waals surface area contributed by atoms with Gasteiger partial charge in [-0.25, -0.2) is 0 Å². The number of likely N-dealkylation sites (tertiary alicyclic amines) is 1. The van der Waals surface area contributed by atoms with Crippen LogP contribution in [0.1, 0.15) is 26.7 Å². The second kappa shape index (κ2) is 8.92. The first-order valence-electron chi connectivity index (χ1n) is 10.3. The molecule has 4 heterocycles. The Morgan fingerprint density at radius 2 is 1.73 bits per heavy atom. The minimum atomic E-state index is 0. The molecule has 4 fully saturated rings. The maximum Gasteiger partial charge on any atom is 0.193 e. The number of piperazine rings is 1. The van der Waals surface area contributed by atoms with E-state index in [1.165, 1.54) is 25.9 Å². The van der Waals surface area contributed by atoms with E-state index in [-0.39, 0.29) is 24.0 Å². The quantitative estimate of drug-likeness (QED) is 0.376. The van der Waals surface area contributed by atoms with Crippen LogP contribution in [0.5, 0.6) is 0 Å². The number of likely N-dealkylation sites (N-methyl/N-ethyl adjacent to an activating group) is 1. The summed E-state index contributed by atoms with van der Waals surface area (Å²) in [6.07, 6.45) is 3.58. The predicted molar refractivity (Wildman–Crippen MR) is 116 cm³/mol. The lowest BCUT2D eigenvalue weighted by atomic mass is 9.82. The molecule has 0 radical (unpaired) electrons. The second-order valence-electron chi connectivity index (χ2n) is 8.41. The Morgan fingerprint density at radius 1 is 1.12 bits per heavy atom. The third kappa shape index (κ3) is 4.15. The van der Waals surface area contributed by atoms with Crippen LogP contribution in [0.3, 0.4) is 0 Å². The largest absolute Gasteiger partial charge is 0.374 e. The van der Waals surface area contributed by atoms with Crippen LogP contribution in [-0.2, 0) is 4.74 Å². The van der Waals surface area contributed by atoms with Crippen LogP contribution in [0.2, 0.25) is 0 Å². The molecule has 5 atom stereocenters. The first kappa shape index (κ1) is 20.6. The van der Waals surface area contributed by atoms with E-state index in [2.05, 4.69) is 40.9 Å². The van der Waals surface area contributed by atoms with Crippen molar-refractivity contribution in [2.45, 2.75) is 44.9 Å². The van der Waals surface area contributed by atoms with Crippen LogP contribution in [0.4, 0.5) is 0 Å². The molecule has 4 aliphatic rings. The normalized spacial score (nSPS) is 36.1. The van der Waals surface area contributed by atoms with E-state index in [1.54, 1.807) is 0 Å². The molecule has 6 nitrogen and oxygen atoms in total. The SMILES string of the molecule is CCNC(=NCC(C)N1CCN(C)CC1)N1CC2C3CCC(O3)C2C1.I. The number of fused-ring (bicyclic) bond motifs is 5. The van der Waals surface area contributed by atoms with Gasteiger partial charge in [-0.2, -0.15) is 0 Å². The minimum absolute atomic E-state index is 0. The Bertz CT molecular complexity index is 478. The molecule has 0 spiro atoms. The van der Waals surface area contributed by atoms with Crippen LogP contribution < -0.4 is 5.32 Å². The summed E-state index contributed by atoms with van der Waals surface area (Å²) < 4.78 is 6.12. The van der Waals surface area contributed by atoms with Crippen molar-refractivity contribution in [2.75, 3.05) is 59.4 Å². The van der Waals surface area contributed by atoms with E-state index in [0.29, 0.717) is 18.2 Å². The third-order valence-electron chi connectivity index (χ3n) is 6.75. The molecule has 150 valence electrons. The van der Waals surface area contributed by atoms with E-state index in [9.17, 15) is 0 Å². The number of halogens is 1. The zero-order chi connectivity index (χ0) is 17.4. The van der Waals surface area contributed by atoms with Crippen molar-refractivity contribution in [2.24, 2.45) is 16.8 Å². The number of nitrogens with one attached hydrogen (secondary N) is 1. The molecule has 0 saturated carbocycles. The fourth-order valence-electron chi connectivity index (χ4n) is 5.16. The average Bonchev–Trinajstić information content (AvgIpc) is 3.31. The Labute approximate surface area is 175 Å². The van der Waals surface area contributed by atoms with E-state index in [0.717, 1.165) is 57.1 Å². The molecule has 0 aromatic carbocycles. The van der Waals surface area contributed by atoms with Crippen LogP contribution in [0.15, 0.2) is 4.99 Å².